The second-order valence-corrected chi connectivity index (χ2v) is 4.79. The van der Waals surface area contributed by atoms with Crippen LogP contribution in [0.25, 0.3) is 0 Å². The summed E-state index contributed by atoms with van der Waals surface area (Å²) in [6, 6.07) is 5.32. The van der Waals surface area contributed by atoms with Gasteiger partial charge in [-0.25, -0.2) is 4.98 Å². The van der Waals surface area contributed by atoms with Crippen molar-refractivity contribution in [2.24, 2.45) is 0 Å². The topological polar surface area (TPSA) is 56.3 Å². The van der Waals surface area contributed by atoms with Gasteiger partial charge in [0.25, 0.3) is 0 Å². The minimum atomic E-state index is 0.418. The molecule has 0 fully saturated rings. The monoisotopic (exact) mass is 343 g/mol. The molecule has 2 rings (SSSR count). The number of rotatable bonds is 4. The highest BCUT2D eigenvalue weighted by Crippen LogP contribution is 2.29. The number of hydrogen-bond donors (Lipinski definition) is 1. The van der Waals surface area contributed by atoms with Crippen LogP contribution in [0.5, 0.6) is 11.6 Å². The summed E-state index contributed by atoms with van der Waals surface area (Å²) in [6.45, 7) is 0. The van der Waals surface area contributed by atoms with E-state index in [0.717, 1.165) is 5.69 Å². The van der Waals surface area contributed by atoms with E-state index >= 15 is 0 Å². The number of benzene rings is 1. The van der Waals surface area contributed by atoms with Crippen LogP contribution in [0, 0.1) is 0 Å². The zero-order valence-electron chi connectivity index (χ0n) is 10.3. The summed E-state index contributed by atoms with van der Waals surface area (Å²) >= 11 is 9.33. The van der Waals surface area contributed by atoms with Gasteiger partial charge in [0.15, 0.2) is 0 Å². The molecule has 100 valence electrons. The molecule has 0 bridgehead atoms. The van der Waals surface area contributed by atoms with Crippen LogP contribution in [0.3, 0.4) is 0 Å². The van der Waals surface area contributed by atoms with Gasteiger partial charge in [-0.2, -0.15) is 4.98 Å². The lowest BCUT2D eigenvalue weighted by molar-refractivity contribution is 0.394. The summed E-state index contributed by atoms with van der Waals surface area (Å²) in [5.74, 6) is 1.49. The first-order chi connectivity index (χ1) is 9.13. The number of halogens is 2. The molecule has 7 heteroatoms. The smallest absolute Gasteiger partial charge is 0.232 e. The summed E-state index contributed by atoms with van der Waals surface area (Å²) in [5, 5.41) is 3.55. The van der Waals surface area contributed by atoms with Gasteiger partial charge in [0.1, 0.15) is 5.75 Å². The Morgan fingerprint density at radius 2 is 2.05 bits per heavy atom. The van der Waals surface area contributed by atoms with Crippen LogP contribution in [0.15, 0.2) is 28.9 Å². The van der Waals surface area contributed by atoms with Gasteiger partial charge in [0.2, 0.25) is 11.8 Å². The summed E-state index contributed by atoms with van der Waals surface area (Å²) in [7, 11) is 3.11. The normalized spacial score (nSPS) is 10.1. The Morgan fingerprint density at radius 1 is 1.26 bits per heavy atom. The lowest BCUT2D eigenvalue weighted by atomic mass is 10.3. The van der Waals surface area contributed by atoms with Gasteiger partial charge in [-0.3, -0.25) is 0 Å². The number of methoxy groups -OCH3 is 2. The first-order valence-corrected chi connectivity index (χ1v) is 6.48. The molecule has 1 aromatic heterocycles. The van der Waals surface area contributed by atoms with Crippen LogP contribution >= 0.6 is 27.5 Å². The molecule has 1 aromatic carbocycles. The predicted octanol–water partition coefficient (Wildman–Crippen LogP) is 3.65. The highest BCUT2D eigenvalue weighted by molar-refractivity contribution is 9.10. The Morgan fingerprint density at radius 3 is 2.68 bits per heavy atom. The molecule has 5 nitrogen and oxygen atoms in total. The Labute approximate surface area is 124 Å². The lowest BCUT2D eigenvalue weighted by Gasteiger charge is -2.09. The van der Waals surface area contributed by atoms with Crippen molar-refractivity contribution < 1.29 is 9.47 Å². The summed E-state index contributed by atoms with van der Waals surface area (Å²) in [4.78, 5) is 8.32. The van der Waals surface area contributed by atoms with Gasteiger partial charge in [-0.1, -0.05) is 11.6 Å². The summed E-state index contributed by atoms with van der Waals surface area (Å²) in [6.07, 6.45) is 1.61. The Kier molecular flexibility index (Phi) is 4.44. The quantitative estimate of drug-likeness (QED) is 0.917. The number of nitrogens with one attached hydrogen (secondary N) is 1. The fraction of sp³-hybridized carbons (Fsp3) is 0.167. The minimum absolute atomic E-state index is 0.418. The highest BCUT2D eigenvalue weighted by atomic mass is 79.9. The maximum absolute atomic E-state index is 6.04. The molecule has 0 unspecified atom stereocenters. The van der Waals surface area contributed by atoms with Gasteiger partial charge in [-0.15, -0.1) is 0 Å². The summed E-state index contributed by atoms with van der Waals surface area (Å²) in [5.41, 5.74) is 0.759. The number of ether oxygens (including phenoxy) is 2. The minimum Gasteiger partial charge on any atom is -0.495 e. The molecule has 1 N–H and O–H groups in total. The number of hydrogen-bond acceptors (Lipinski definition) is 5. The van der Waals surface area contributed by atoms with Crippen molar-refractivity contribution in [3.63, 3.8) is 0 Å². The number of anilines is 2. The molecule has 1 heterocycles. The largest absolute Gasteiger partial charge is 0.495 e. The lowest BCUT2D eigenvalue weighted by Crippen LogP contribution is -1.99. The predicted molar refractivity (Wildman–Crippen MR) is 77.6 cm³/mol. The SMILES string of the molecule is COc1ccc(Nc2ncc(Br)c(OC)n2)cc1Cl. The fourth-order valence-electron chi connectivity index (χ4n) is 1.43. The fourth-order valence-corrected chi connectivity index (χ4v) is 2.04. The maximum atomic E-state index is 6.04. The molecule has 2 aromatic rings. The first-order valence-electron chi connectivity index (χ1n) is 5.31. The van der Waals surface area contributed by atoms with Gasteiger partial charge >= 0.3 is 0 Å². The van der Waals surface area contributed by atoms with E-state index in [1.54, 1.807) is 32.5 Å². The standard InChI is InChI=1S/C12H11BrClN3O2/c1-18-10-4-3-7(5-9(10)14)16-12-15-6-8(13)11(17-12)19-2/h3-6H,1-2H3,(H,15,16,17). The van der Waals surface area contributed by atoms with E-state index < -0.39 is 0 Å². The molecule has 0 spiro atoms. The highest BCUT2D eigenvalue weighted by Gasteiger charge is 2.07. The zero-order valence-corrected chi connectivity index (χ0v) is 12.6. The van der Waals surface area contributed by atoms with E-state index in [2.05, 4.69) is 31.2 Å². The van der Waals surface area contributed by atoms with Gasteiger partial charge in [-0.05, 0) is 34.1 Å². The van der Waals surface area contributed by atoms with Crippen LogP contribution in [-0.4, -0.2) is 24.2 Å². The van der Waals surface area contributed by atoms with Crippen molar-refractivity contribution in [2.75, 3.05) is 19.5 Å². The third-order valence-electron chi connectivity index (χ3n) is 2.31. The van der Waals surface area contributed by atoms with Crippen molar-refractivity contribution in [1.82, 2.24) is 9.97 Å². The Balaban J connectivity index is 2.23. The molecule has 0 aliphatic rings. The van der Waals surface area contributed by atoms with Crippen LogP contribution in [0.2, 0.25) is 5.02 Å². The molecule has 0 atom stereocenters. The summed E-state index contributed by atoms with van der Waals surface area (Å²) < 4.78 is 10.9. The van der Waals surface area contributed by atoms with Crippen LogP contribution in [-0.2, 0) is 0 Å². The molecule has 0 saturated carbocycles. The van der Waals surface area contributed by atoms with Crippen LogP contribution in [0.1, 0.15) is 0 Å². The van der Waals surface area contributed by atoms with Crippen molar-refractivity contribution in [3.05, 3.63) is 33.9 Å². The van der Waals surface area contributed by atoms with Gasteiger partial charge in [0, 0.05) is 5.69 Å². The van der Waals surface area contributed by atoms with E-state index in [4.69, 9.17) is 21.1 Å². The molecular formula is C12H11BrClN3O2. The number of nitrogens with zero attached hydrogens (tertiary/aromatic N) is 2. The average Bonchev–Trinajstić information content (AvgIpc) is 2.41. The van der Waals surface area contributed by atoms with Gasteiger partial charge in [0.05, 0.1) is 29.9 Å². The zero-order chi connectivity index (χ0) is 13.8. The van der Waals surface area contributed by atoms with E-state index in [1.165, 1.54) is 0 Å². The molecular weight excluding hydrogens is 334 g/mol. The third-order valence-corrected chi connectivity index (χ3v) is 3.15. The Hall–Kier alpha value is -1.53. The maximum Gasteiger partial charge on any atom is 0.232 e. The molecule has 0 aliphatic heterocycles. The van der Waals surface area contributed by atoms with Crippen molar-refractivity contribution >= 4 is 39.2 Å². The van der Waals surface area contributed by atoms with Gasteiger partial charge < -0.3 is 14.8 Å². The van der Waals surface area contributed by atoms with Crippen LogP contribution in [0.4, 0.5) is 11.6 Å². The molecule has 0 saturated heterocycles. The molecule has 0 aliphatic carbocycles. The Bertz CT molecular complexity index is 595. The van der Waals surface area contributed by atoms with E-state index in [9.17, 15) is 0 Å². The molecule has 0 radical (unpaired) electrons. The van der Waals surface area contributed by atoms with E-state index in [0.29, 0.717) is 27.1 Å². The van der Waals surface area contributed by atoms with Crippen molar-refractivity contribution in [2.45, 2.75) is 0 Å². The van der Waals surface area contributed by atoms with E-state index in [1.807, 2.05) is 6.07 Å². The second kappa shape index (κ2) is 6.08. The van der Waals surface area contributed by atoms with E-state index in [-0.39, 0.29) is 0 Å². The van der Waals surface area contributed by atoms with Crippen molar-refractivity contribution in [1.29, 1.82) is 0 Å². The molecule has 19 heavy (non-hydrogen) atoms. The number of aromatic nitrogens is 2. The molecule has 0 amide bonds. The average molecular weight is 345 g/mol. The van der Waals surface area contributed by atoms with Crippen LogP contribution < -0.4 is 14.8 Å². The third kappa shape index (κ3) is 3.27. The van der Waals surface area contributed by atoms with Crippen molar-refractivity contribution in [3.8, 4) is 11.6 Å². The first kappa shape index (κ1) is 13.9. The second-order valence-electron chi connectivity index (χ2n) is 3.53.